The summed E-state index contributed by atoms with van der Waals surface area (Å²) in [4.78, 5) is 41.5. The average Bonchev–Trinajstić information content (AvgIpc) is 3.30. The predicted octanol–water partition coefficient (Wildman–Crippen LogP) is 3.15. The molecule has 3 atom stereocenters. The van der Waals surface area contributed by atoms with E-state index in [2.05, 4.69) is 10.6 Å². The molecule has 0 saturated carbocycles. The van der Waals surface area contributed by atoms with E-state index in [1.807, 2.05) is 18.2 Å². The van der Waals surface area contributed by atoms with E-state index in [1.54, 1.807) is 19.4 Å². The van der Waals surface area contributed by atoms with E-state index in [9.17, 15) is 14.4 Å². The molecule has 3 aromatic rings. The molecule has 0 bridgehead atoms. The Hall–Kier alpha value is -4.45. The fourth-order valence-corrected chi connectivity index (χ4v) is 5.85. The third-order valence-corrected chi connectivity index (χ3v) is 8.06. The Morgan fingerprint density at radius 3 is 2.42 bits per heavy atom. The molecule has 43 heavy (non-hydrogen) atoms. The normalized spacial score (nSPS) is 19.6. The first-order chi connectivity index (χ1) is 20.7. The summed E-state index contributed by atoms with van der Waals surface area (Å²) in [5.41, 5.74) is 1.41. The summed E-state index contributed by atoms with van der Waals surface area (Å²) in [5, 5.41) is 5.58. The van der Waals surface area contributed by atoms with Gasteiger partial charge in [0.2, 0.25) is 0 Å². The summed E-state index contributed by atoms with van der Waals surface area (Å²) in [5.74, 6) is -2.89. The zero-order valence-corrected chi connectivity index (χ0v) is 24.2. The molecule has 0 radical (unpaired) electrons. The highest BCUT2D eigenvalue weighted by Gasteiger charge is 2.46. The Bertz CT molecular complexity index is 1560. The van der Waals surface area contributed by atoms with Crippen molar-refractivity contribution in [3.63, 3.8) is 0 Å². The molecule has 2 aliphatic rings. The number of nitrogens with zero attached hydrogens (tertiary/aromatic N) is 2. The zero-order chi connectivity index (χ0) is 30.7. The minimum absolute atomic E-state index is 0.0264. The van der Waals surface area contributed by atoms with Crippen molar-refractivity contribution >= 4 is 17.6 Å². The molecule has 1 aliphatic carbocycles. The van der Waals surface area contributed by atoms with Crippen molar-refractivity contribution in [3.05, 3.63) is 87.3 Å². The lowest BCUT2D eigenvalue weighted by atomic mass is 9.88. The van der Waals surface area contributed by atoms with E-state index < -0.39 is 41.1 Å². The van der Waals surface area contributed by atoms with E-state index in [0.29, 0.717) is 12.8 Å². The third kappa shape index (κ3) is 6.19. The van der Waals surface area contributed by atoms with Gasteiger partial charge in [-0.05, 0) is 54.7 Å². The van der Waals surface area contributed by atoms with Gasteiger partial charge in [0.15, 0.2) is 0 Å². The van der Waals surface area contributed by atoms with E-state index in [4.69, 9.17) is 14.2 Å². The predicted molar refractivity (Wildman–Crippen MR) is 155 cm³/mol. The monoisotopic (exact) mass is 596 g/mol. The molecule has 2 N–H and O–H groups in total. The van der Waals surface area contributed by atoms with Crippen LogP contribution in [-0.2, 0) is 28.9 Å². The number of benzene rings is 2. The second-order valence-electron chi connectivity index (χ2n) is 10.6. The molecule has 2 aromatic carbocycles. The third-order valence-electron chi connectivity index (χ3n) is 8.06. The first-order valence-corrected chi connectivity index (χ1v) is 14.0. The lowest BCUT2D eigenvalue weighted by molar-refractivity contribution is -0.118. The number of aryl methyl sites for hydroxylation is 1. The minimum Gasteiger partial charge on any atom is -0.497 e. The number of anilines is 1. The molecule has 1 unspecified atom stereocenters. The highest BCUT2D eigenvalue weighted by atomic mass is 19.1. The molecule has 0 spiro atoms. The van der Waals surface area contributed by atoms with Crippen LogP contribution in [0.4, 0.5) is 19.3 Å². The topological polar surface area (TPSA) is 111 Å². The van der Waals surface area contributed by atoms with Gasteiger partial charge in [-0.3, -0.25) is 9.59 Å². The number of fused-ring (bicyclic) bond motifs is 1. The van der Waals surface area contributed by atoms with Gasteiger partial charge >= 0.3 is 6.03 Å². The number of carbonyl (C=O) groups is 2. The lowest BCUT2D eigenvalue weighted by Gasteiger charge is -2.27. The van der Waals surface area contributed by atoms with Crippen LogP contribution in [0.15, 0.2) is 53.5 Å². The van der Waals surface area contributed by atoms with E-state index in [0.717, 1.165) is 35.4 Å². The zero-order valence-electron chi connectivity index (χ0n) is 24.2. The summed E-state index contributed by atoms with van der Waals surface area (Å²) in [6, 6.07) is 8.72. The van der Waals surface area contributed by atoms with Crippen molar-refractivity contribution in [2.24, 2.45) is 0 Å². The molecule has 1 aliphatic heterocycles. The van der Waals surface area contributed by atoms with Gasteiger partial charge < -0.3 is 34.3 Å². The van der Waals surface area contributed by atoms with Crippen molar-refractivity contribution in [2.75, 3.05) is 39.4 Å². The number of ether oxygens (including phenoxy) is 3. The number of hydrogen-bond donors (Lipinski definition) is 2. The second-order valence-corrected chi connectivity index (χ2v) is 10.6. The maximum absolute atomic E-state index is 15.3. The van der Waals surface area contributed by atoms with Crippen molar-refractivity contribution in [1.82, 2.24) is 15.2 Å². The average molecular weight is 597 g/mol. The number of hydrogen-bond acceptors (Lipinski definition) is 6. The summed E-state index contributed by atoms with van der Waals surface area (Å²) < 4.78 is 47.3. The van der Waals surface area contributed by atoms with Crippen LogP contribution in [-0.4, -0.2) is 63.1 Å². The molecule has 1 fully saturated rings. The van der Waals surface area contributed by atoms with Crippen LogP contribution >= 0.6 is 0 Å². The second kappa shape index (κ2) is 12.8. The molecule has 2 heterocycles. The highest BCUT2D eigenvalue weighted by molar-refractivity contribution is 6.02. The van der Waals surface area contributed by atoms with Crippen LogP contribution < -0.4 is 30.6 Å². The smallest absolute Gasteiger partial charge is 0.315 e. The molecule has 3 amide bonds. The van der Waals surface area contributed by atoms with Crippen LogP contribution in [0.25, 0.3) is 0 Å². The SMILES string of the molecule is COCCn1cccc(N2C[C@@H](c3c(F)cc(OC)cc3F)[C@H](NC(=O)NC3CCc4cc(OC)ccc4C3)C2=O)c1=O. The number of pyridine rings is 1. The van der Waals surface area contributed by atoms with Crippen molar-refractivity contribution in [3.8, 4) is 11.5 Å². The van der Waals surface area contributed by atoms with E-state index in [-0.39, 0.29) is 42.7 Å². The Morgan fingerprint density at radius 1 is 0.977 bits per heavy atom. The molecular formula is C31H34F2N4O6. The van der Waals surface area contributed by atoms with Gasteiger partial charge in [0.05, 0.1) is 20.8 Å². The number of aromatic nitrogens is 1. The minimum atomic E-state index is -1.34. The van der Waals surface area contributed by atoms with Gasteiger partial charge in [-0.2, -0.15) is 0 Å². The Kier molecular flexibility index (Phi) is 8.95. The van der Waals surface area contributed by atoms with Gasteiger partial charge in [-0.1, -0.05) is 6.07 Å². The van der Waals surface area contributed by atoms with E-state index >= 15 is 8.78 Å². The van der Waals surface area contributed by atoms with Crippen LogP contribution in [0.1, 0.15) is 29.0 Å². The number of halogens is 2. The van der Waals surface area contributed by atoms with Crippen molar-refractivity contribution in [2.45, 2.75) is 43.8 Å². The van der Waals surface area contributed by atoms with Crippen molar-refractivity contribution in [1.29, 1.82) is 0 Å². The quantitative estimate of drug-likeness (QED) is 0.393. The lowest BCUT2D eigenvalue weighted by Crippen LogP contribution is -2.51. The summed E-state index contributed by atoms with van der Waals surface area (Å²) in [6.07, 6.45) is 3.53. The summed E-state index contributed by atoms with van der Waals surface area (Å²) >= 11 is 0. The molecule has 5 rings (SSSR count). The van der Waals surface area contributed by atoms with Gasteiger partial charge in [0, 0.05) is 56.1 Å². The maximum atomic E-state index is 15.3. The first kappa shape index (κ1) is 30.0. The number of amides is 3. The first-order valence-electron chi connectivity index (χ1n) is 14.0. The number of rotatable bonds is 9. The fraction of sp³-hybridized carbons (Fsp3) is 0.387. The molecule has 1 saturated heterocycles. The summed E-state index contributed by atoms with van der Waals surface area (Å²) in [7, 11) is 4.40. The van der Waals surface area contributed by atoms with Crippen molar-refractivity contribution < 1.29 is 32.6 Å². The molecule has 228 valence electrons. The number of carbonyl (C=O) groups excluding carboxylic acids is 2. The van der Waals surface area contributed by atoms with Crippen LogP contribution in [0.5, 0.6) is 11.5 Å². The van der Waals surface area contributed by atoms with E-state index in [1.165, 1.54) is 29.8 Å². The van der Waals surface area contributed by atoms with Gasteiger partial charge in [-0.25, -0.2) is 13.6 Å². The number of methoxy groups -OCH3 is 3. The molecular weight excluding hydrogens is 562 g/mol. The van der Waals surface area contributed by atoms with Gasteiger partial charge in [0.1, 0.15) is 34.9 Å². The Morgan fingerprint density at radius 2 is 1.72 bits per heavy atom. The van der Waals surface area contributed by atoms with Gasteiger partial charge in [0.25, 0.3) is 11.5 Å². The van der Waals surface area contributed by atoms with Gasteiger partial charge in [-0.15, -0.1) is 0 Å². The largest absolute Gasteiger partial charge is 0.497 e. The van der Waals surface area contributed by atoms with Crippen LogP contribution in [0.3, 0.4) is 0 Å². The van der Waals surface area contributed by atoms with Crippen LogP contribution in [0, 0.1) is 11.6 Å². The molecule has 1 aromatic heterocycles. The fourth-order valence-electron chi connectivity index (χ4n) is 5.85. The molecule has 12 heteroatoms. The van der Waals surface area contributed by atoms with Crippen LogP contribution in [0.2, 0.25) is 0 Å². The number of nitrogens with one attached hydrogen (secondary N) is 2. The highest BCUT2D eigenvalue weighted by Crippen LogP contribution is 2.36. The Balaban J connectivity index is 1.41. The molecule has 10 nitrogen and oxygen atoms in total. The standard InChI is InChI=1S/C31H34F2N4O6/c1-41-12-11-36-10-4-5-26(29(36)38)37-17-23(27-24(32)15-22(43-3)16-25(27)33)28(30(37)39)35-31(40)34-20-8-6-19-14-21(42-2)9-7-18(19)13-20/h4-5,7,9-10,14-16,20,23,28H,6,8,11-13,17H2,1-3H3,(H2,34,35,40)/t20?,23-,28-/m0/s1. The maximum Gasteiger partial charge on any atom is 0.315 e. The Labute approximate surface area is 247 Å². The summed E-state index contributed by atoms with van der Waals surface area (Å²) in [6.45, 7) is 0.287. The number of urea groups is 1.